The van der Waals surface area contributed by atoms with Crippen LogP contribution >= 0.6 is 27.3 Å². The topological polar surface area (TPSA) is 99.5 Å². The zero-order valence-corrected chi connectivity index (χ0v) is 21.2. The molecule has 8 nitrogen and oxygen atoms in total. The summed E-state index contributed by atoms with van der Waals surface area (Å²) in [6, 6.07) is -1.13. The minimum Gasteiger partial charge on any atom is -0.462 e. The van der Waals surface area contributed by atoms with Gasteiger partial charge in [0.05, 0.1) is 28.9 Å². The van der Waals surface area contributed by atoms with Crippen molar-refractivity contribution >= 4 is 50.1 Å². The lowest BCUT2D eigenvalue weighted by Gasteiger charge is -2.16. The lowest BCUT2D eigenvalue weighted by molar-refractivity contribution is -0.142. The van der Waals surface area contributed by atoms with Crippen molar-refractivity contribution in [1.29, 1.82) is 0 Å². The number of anilines is 1. The van der Waals surface area contributed by atoms with Crippen LogP contribution in [0.15, 0.2) is 4.47 Å². The third kappa shape index (κ3) is 5.14. The molecule has 1 fully saturated rings. The number of nitrogens with one attached hydrogen (secondary N) is 1. The lowest BCUT2D eigenvalue weighted by atomic mass is 10.1. The maximum Gasteiger partial charge on any atom is 0.436 e. The third-order valence-corrected chi connectivity index (χ3v) is 7.16. The number of halogens is 4. The Morgan fingerprint density at radius 3 is 2.32 bits per heavy atom. The zero-order valence-electron chi connectivity index (χ0n) is 18.8. The molecule has 1 saturated carbocycles. The van der Waals surface area contributed by atoms with E-state index in [1.54, 1.807) is 13.8 Å². The smallest absolute Gasteiger partial charge is 0.436 e. The number of esters is 2. The van der Waals surface area contributed by atoms with Crippen LogP contribution in [0, 0.1) is 6.92 Å². The van der Waals surface area contributed by atoms with Crippen molar-refractivity contribution in [3.8, 4) is 0 Å². The van der Waals surface area contributed by atoms with Crippen LogP contribution in [-0.2, 0) is 20.4 Å². The second-order valence-electron chi connectivity index (χ2n) is 7.63. The fourth-order valence-electron chi connectivity index (χ4n) is 3.40. The molecular formula is C21H23BrF3N3O5S. The van der Waals surface area contributed by atoms with E-state index in [1.165, 1.54) is 13.8 Å². The van der Waals surface area contributed by atoms with E-state index in [0.29, 0.717) is 18.5 Å². The summed E-state index contributed by atoms with van der Waals surface area (Å²) < 4.78 is 51.3. The highest BCUT2D eigenvalue weighted by atomic mass is 79.9. The third-order valence-electron chi connectivity index (χ3n) is 5.19. The molecule has 13 heteroatoms. The van der Waals surface area contributed by atoms with Gasteiger partial charge >= 0.3 is 18.1 Å². The minimum absolute atomic E-state index is 0.00417. The summed E-state index contributed by atoms with van der Waals surface area (Å²) in [5, 5.41) is 6.31. The number of ether oxygens (including phenoxy) is 2. The average molecular weight is 566 g/mol. The van der Waals surface area contributed by atoms with Gasteiger partial charge in [0.15, 0.2) is 5.69 Å². The molecule has 1 unspecified atom stereocenters. The fraction of sp³-hybridized carbons (Fsp3) is 0.524. The quantitative estimate of drug-likeness (QED) is 0.426. The zero-order chi connectivity index (χ0) is 25.4. The van der Waals surface area contributed by atoms with Crippen LogP contribution in [0.5, 0.6) is 0 Å². The van der Waals surface area contributed by atoms with Gasteiger partial charge in [-0.3, -0.25) is 9.48 Å². The predicted molar refractivity (Wildman–Crippen MR) is 121 cm³/mol. The summed E-state index contributed by atoms with van der Waals surface area (Å²) in [4.78, 5) is 38.1. The molecular weight excluding hydrogens is 543 g/mol. The maximum absolute atomic E-state index is 13.4. The first kappa shape index (κ1) is 26.2. The Morgan fingerprint density at radius 2 is 1.79 bits per heavy atom. The average Bonchev–Trinajstić information content (AvgIpc) is 3.44. The van der Waals surface area contributed by atoms with E-state index in [2.05, 4.69) is 26.3 Å². The van der Waals surface area contributed by atoms with E-state index in [1.807, 2.05) is 0 Å². The van der Waals surface area contributed by atoms with Gasteiger partial charge in [0.1, 0.15) is 15.9 Å². The molecule has 0 aromatic carbocycles. The summed E-state index contributed by atoms with van der Waals surface area (Å²) in [5.41, 5.74) is -0.520. The number of aromatic nitrogens is 2. The molecule has 0 spiro atoms. The Kier molecular flexibility index (Phi) is 7.75. The van der Waals surface area contributed by atoms with Crippen molar-refractivity contribution in [2.24, 2.45) is 0 Å². The van der Waals surface area contributed by atoms with Crippen molar-refractivity contribution in [3.05, 3.63) is 31.9 Å². The lowest BCUT2D eigenvalue weighted by Crippen LogP contribution is -2.26. The molecule has 1 atom stereocenters. The molecule has 2 aromatic rings. The van der Waals surface area contributed by atoms with Gasteiger partial charge < -0.3 is 14.8 Å². The van der Waals surface area contributed by atoms with Crippen LogP contribution in [0.25, 0.3) is 0 Å². The number of carbonyl (C=O) groups is 3. The number of amides is 1. The molecule has 0 aliphatic heterocycles. The van der Waals surface area contributed by atoms with Crippen molar-refractivity contribution in [2.45, 2.75) is 58.7 Å². The van der Waals surface area contributed by atoms with E-state index in [-0.39, 0.29) is 44.6 Å². The van der Waals surface area contributed by atoms with Crippen molar-refractivity contribution in [2.75, 3.05) is 18.5 Å². The van der Waals surface area contributed by atoms with Crippen molar-refractivity contribution in [1.82, 2.24) is 9.78 Å². The second-order valence-corrected chi connectivity index (χ2v) is 9.44. The van der Waals surface area contributed by atoms with E-state index in [0.717, 1.165) is 16.0 Å². The van der Waals surface area contributed by atoms with Gasteiger partial charge in [-0.05, 0) is 62.0 Å². The summed E-state index contributed by atoms with van der Waals surface area (Å²) in [6.07, 6.45) is -3.31. The fourth-order valence-corrected chi connectivity index (χ4v) is 5.30. The number of hydrogen-bond donors (Lipinski definition) is 1. The van der Waals surface area contributed by atoms with E-state index >= 15 is 0 Å². The predicted octanol–water partition coefficient (Wildman–Crippen LogP) is 5.46. The molecule has 1 aliphatic carbocycles. The number of rotatable bonds is 8. The Balaban J connectivity index is 1.97. The van der Waals surface area contributed by atoms with Gasteiger partial charge in [-0.1, -0.05) is 0 Å². The van der Waals surface area contributed by atoms with Gasteiger partial charge in [-0.2, -0.15) is 18.3 Å². The first-order chi connectivity index (χ1) is 15.9. The highest BCUT2D eigenvalue weighted by Crippen LogP contribution is 2.48. The summed E-state index contributed by atoms with van der Waals surface area (Å²) in [7, 11) is 0. The van der Waals surface area contributed by atoms with Gasteiger partial charge in [0, 0.05) is 5.92 Å². The largest absolute Gasteiger partial charge is 0.462 e. The molecule has 34 heavy (non-hydrogen) atoms. The molecule has 3 rings (SSSR count). The highest BCUT2D eigenvalue weighted by Gasteiger charge is 2.43. The Hall–Kier alpha value is -2.41. The monoisotopic (exact) mass is 565 g/mol. The van der Waals surface area contributed by atoms with Crippen molar-refractivity contribution < 1.29 is 37.0 Å². The van der Waals surface area contributed by atoms with Gasteiger partial charge in [0.2, 0.25) is 5.91 Å². The summed E-state index contributed by atoms with van der Waals surface area (Å²) >= 11 is 3.85. The minimum atomic E-state index is -4.69. The van der Waals surface area contributed by atoms with E-state index < -0.39 is 35.8 Å². The number of hydrogen-bond acceptors (Lipinski definition) is 7. The molecule has 0 bridgehead atoms. The van der Waals surface area contributed by atoms with Gasteiger partial charge in [0.25, 0.3) is 0 Å². The second kappa shape index (κ2) is 10.1. The number of alkyl halides is 3. The molecule has 2 aromatic heterocycles. The molecule has 1 amide bonds. The number of carbonyl (C=O) groups excluding carboxylic acids is 3. The highest BCUT2D eigenvalue weighted by molar-refractivity contribution is 9.10. The molecule has 1 N–H and O–H groups in total. The molecule has 186 valence electrons. The van der Waals surface area contributed by atoms with E-state index in [9.17, 15) is 27.6 Å². The summed E-state index contributed by atoms with van der Waals surface area (Å²) in [6.45, 7) is 6.37. The normalized spacial score (nSPS) is 14.6. The first-order valence-corrected chi connectivity index (χ1v) is 12.2. The Morgan fingerprint density at radius 1 is 1.21 bits per heavy atom. The molecule has 1 aliphatic rings. The summed E-state index contributed by atoms with van der Waals surface area (Å²) in [5.74, 6) is -2.24. The Labute approximate surface area is 205 Å². The SMILES string of the molecule is CCOC(=O)c1sc(NC(=O)C(C)n2nc(C(F)(F)F)c(Br)c2C2CC2)c(C(=O)OCC)c1C. The molecule has 2 heterocycles. The Bertz CT molecular complexity index is 1120. The molecule has 0 saturated heterocycles. The molecule has 0 radical (unpaired) electrons. The van der Waals surface area contributed by atoms with Crippen molar-refractivity contribution in [3.63, 3.8) is 0 Å². The van der Waals surface area contributed by atoms with Gasteiger partial charge in [-0.15, -0.1) is 11.3 Å². The number of nitrogens with zero attached hydrogens (tertiary/aromatic N) is 2. The van der Waals surface area contributed by atoms with E-state index in [4.69, 9.17) is 9.47 Å². The van der Waals surface area contributed by atoms with Crippen LogP contribution in [0.4, 0.5) is 18.2 Å². The van der Waals surface area contributed by atoms with Crippen LogP contribution in [0.3, 0.4) is 0 Å². The van der Waals surface area contributed by atoms with Crippen LogP contribution in [0.1, 0.15) is 82.6 Å². The number of thiophene rings is 1. The van der Waals surface area contributed by atoms with Crippen LogP contribution < -0.4 is 5.32 Å². The van der Waals surface area contributed by atoms with Crippen LogP contribution in [0.2, 0.25) is 0 Å². The van der Waals surface area contributed by atoms with Crippen LogP contribution in [-0.4, -0.2) is 40.8 Å². The maximum atomic E-state index is 13.4. The standard InChI is InChI=1S/C21H23BrF3N3O5S/c1-5-32-19(30)12-9(3)15(20(31)33-6-2)34-18(12)26-17(29)10(4)28-14(11-7-8-11)13(22)16(27-28)21(23,24)25/h10-11H,5-8H2,1-4H3,(H,26,29). The van der Waals surface area contributed by atoms with Gasteiger partial charge in [-0.25, -0.2) is 9.59 Å². The first-order valence-electron chi connectivity index (χ1n) is 10.6.